The highest BCUT2D eigenvalue weighted by molar-refractivity contribution is 5.50. The molecule has 0 aliphatic heterocycles. The first-order valence-corrected chi connectivity index (χ1v) is 1.34. The number of ether oxygens (including phenoxy) is 1. The maximum absolute atomic E-state index is 9.28. The van der Waals surface area contributed by atoms with Gasteiger partial charge in [0.1, 0.15) is 12.9 Å². The van der Waals surface area contributed by atoms with E-state index in [0.29, 0.717) is 6.29 Å². The Morgan fingerprint density at radius 3 is 2.33 bits per heavy atom. The Bertz CT molecular complexity index is 26.7. The molecule has 0 N–H and O–H groups in total. The number of aldehydes is 1. The fraction of sp³-hybridized carbons (Fsp3) is 0.750. The molecule has 0 aromatic carbocycles. The van der Waals surface area contributed by atoms with Crippen LogP contribution in [0, 0.1) is 0 Å². The van der Waals surface area contributed by atoms with Crippen molar-refractivity contribution in [3.05, 3.63) is 0 Å². The van der Waals surface area contributed by atoms with E-state index in [1.54, 1.807) is 0 Å². The molecule has 0 unspecified atom stereocenters. The van der Waals surface area contributed by atoms with Crippen molar-refractivity contribution >= 4 is 6.29 Å². The number of carbonyl (C=O) groups is 1. The Balaban J connectivity index is 0. The van der Waals surface area contributed by atoms with E-state index in [1.807, 2.05) is 0 Å². The molecule has 0 heterocycles. The van der Waals surface area contributed by atoms with Gasteiger partial charge in [0.15, 0.2) is 0 Å². The molecule has 0 radical (unpaired) electrons. The van der Waals surface area contributed by atoms with Crippen molar-refractivity contribution in [2.75, 3.05) is 13.7 Å². The quantitative estimate of drug-likeness (QED) is 0.461. The van der Waals surface area contributed by atoms with Gasteiger partial charge in [-0.1, -0.05) is 7.43 Å². The first-order chi connectivity index (χ1) is 2.41. The summed E-state index contributed by atoms with van der Waals surface area (Å²) in [7, 11) is 1.48. The van der Waals surface area contributed by atoms with Gasteiger partial charge in [-0.2, -0.15) is 0 Å². The molecule has 0 saturated heterocycles. The van der Waals surface area contributed by atoms with E-state index in [9.17, 15) is 4.79 Å². The Labute approximate surface area is 38.1 Å². The number of hydrogen-bond acceptors (Lipinski definition) is 2. The second kappa shape index (κ2) is 8.82. The zero-order valence-electron chi connectivity index (χ0n) is 3.10. The Kier molecular flexibility index (Phi) is 13.5. The monoisotopic (exact) mass is 90.1 g/mol. The lowest BCUT2D eigenvalue weighted by Gasteiger charge is -1.76. The summed E-state index contributed by atoms with van der Waals surface area (Å²) in [5.41, 5.74) is 0. The summed E-state index contributed by atoms with van der Waals surface area (Å²) in [5, 5.41) is 0. The number of carbonyl (C=O) groups excluding carboxylic acids is 1. The minimum Gasteiger partial charge on any atom is -0.377 e. The van der Waals surface area contributed by atoms with Gasteiger partial charge in [-0.25, -0.2) is 0 Å². The SMILES string of the molecule is C.COCC=O. The topological polar surface area (TPSA) is 26.3 Å². The van der Waals surface area contributed by atoms with Crippen LogP contribution in [0.1, 0.15) is 7.43 Å². The Morgan fingerprint density at radius 2 is 2.33 bits per heavy atom. The van der Waals surface area contributed by atoms with Crippen LogP contribution in [0.3, 0.4) is 0 Å². The first kappa shape index (κ1) is 9.16. The van der Waals surface area contributed by atoms with Crippen molar-refractivity contribution in [3.63, 3.8) is 0 Å². The largest absolute Gasteiger partial charge is 0.377 e. The maximum Gasteiger partial charge on any atom is 0.145 e. The molecule has 38 valence electrons. The average molecular weight is 90.1 g/mol. The van der Waals surface area contributed by atoms with E-state index in [2.05, 4.69) is 4.74 Å². The molecule has 0 spiro atoms. The second-order valence-corrected chi connectivity index (χ2v) is 0.622. The lowest BCUT2D eigenvalue weighted by molar-refractivity contribution is -0.110. The standard InChI is InChI=1S/C3H6O2.CH4/c1-5-3-2-4;/h2H,3H2,1H3;1H4. The van der Waals surface area contributed by atoms with Crippen LogP contribution in [0.15, 0.2) is 0 Å². The van der Waals surface area contributed by atoms with Gasteiger partial charge in [0, 0.05) is 7.11 Å². The van der Waals surface area contributed by atoms with Crippen LogP contribution in [0.4, 0.5) is 0 Å². The molecule has 0 fully saturated rings. The molecule has 6 heavy (non-hydrogen) atoms. The molecule has 0 bridgehead atoms. The van der Waals surface area contributed by atoms with Crippen molar-refractivity contribution in [2.24, 2.45) is 0 Å². The minimum absolute atomic E-state index is 0. The van der Waals surface area contributed by atoms with Crippen LogP contribution in [-0.4, -0.2) is 20.0 Å². The molecule has 0 atom stereocenters. The third-order valence-electron chi connectivity index (χ3n) is 0.235. The summed E-state index contributed by atoms with van der Waals surface area (Å²) < 4.78 is 4.32. The van der Waals surface area contributed by atoms with E-state index in [4.69, 9.17) is 0 Å². The fourth-order valence-electron chi connectivity index (χ4n) is 0.0680. The summed E-state index contributed by atoms with van der Waals surface area (Å²) in [6.45, 7) is 0.208. The fourth-order valence-corrected chi connectivity index (χ4v) is 0.0680. The summed E-state index contributed by atoms with van der Waals surface area (Å²) in [4.78, 5) is 9.28. The molecule has 0 saturated carbocycles. The van der Waals surface area contributed by atoms with Crippen molar-refractivity contribution in [1.29, 1.82) is 0 Å². The smallest absolute Gasteiger partial charge is 0.145 e. The molecule has 0 aliphatic rings. The molecule has 0 aromatic heterocycles. The van der Waals surface area contributed by atoms with Crippen molar-refractivity contribution in [2.45, 2.75) is 7.43 Å². The molecule has 2 nitrogen and oxygen atoms in total. The lowest BCUT2D eigenvalue weighted by Crippen LogP contribution is -1.84. The van der Waals surface area contributed by atoms with Gasteiger partial charge >= 0.3 is 0 Å². The highest BCUT2D eigenvalue weighted by Gasteiger charge is 1.64. The van der Waals surface area contributed by atoms with Crippen LogP contribution in [-0.2, 0) is 9.53 Å². The number of methoxy groups -OCH3 is 1. The highest BCUT2D eigenvalue weighted by Crippen LogP contribution is 1.50. The zero-order valence-corrected chi connectivity index (χ0v) is 3.10. The molecular formula is C4H10O2. The van der Waals surface area contributed by atoms with E-state index in [1.165, 1.54) is 7.11 Å². The van der Waals surface area contributed by atoms with E-state index in [-0.39, 0.29) is 14.0 Å². The zero-order chi connectivity index (χ0) is 4.12. The highest BCUT2D eigenvalue weighted by atomic mass is 16.5. The van der Waals surface area contributed by atoms with E-state index < -0.39 is 0 Å². The van der Waals surface area contributed by atoms with Crippen LogP contribution in [0.5, 0.6) is 0 Å². The van der Waals surface area contributed by atoms with E-state index >= 15 is 0 Å². The molecule has 2 heteroatoms. The van der Waals surface area contributed by atoms with Gasteiger partial charge in [0.25, 0.3) is 0 Å². The van der Waals surface area contributed by atoms with Gasteiger partial charge in [-0.05, 0) is 0 Å². The van der Waals surface area contributed by atoms with Gasteiger partial charge in [-0.3, -0.25) is 0 Å². The first-order valence-electron chi connectivity index (χ1n) is 1.34. The van der Waals surface area contributed by atoms with Crippen LogP contribution >= 0.6 is 0 Å². The molecule has 0 amide bonds. The van der Waals surface area contributed by atoms with Gasteiger partial charge in [0.05, 0.1) is 0 Å². The van der Waals surface area contributed by atoms with E-state index in [0.717, 1.165) is 0 Å². The summed E-state index contributed by atoms with van der Waals surface area (Å²) >= 11 is 0. The van der Waals surface area contributed by atoms with Crippen LogP contribution < -0.4 is 0 Å². The normalized spacial score (nSPS) is 6.17. The predicted molar refractivity (Wildman–Crippen MR) is 24.7 cm³/mol. The summed E-state index contributed by atoms with van der Waals surface area (Å²) in [5.74, 6) is 0. The van der Waals surface area contributed by atoms with Gasteiger partial charge in [0.2, 0.25) is 0 Å². The second-order valence-electron chi connectivity index (χ2n) is 0.622. The van der Waals surface area contributed by atoms with Crippen LogP contribution in [0.25, 0.3) is 0 Å². The average Bonchev–Trinajstić information content (AvgIpc) is 1.41. The van der Waals surface area contributed by atoms with Crippen molar-refractivity contribution < 1.29 is 9.53 Å². The number of hydrogen-bond donors (Lipinski definition) is 0. The molecular weight excluding hydrogens is 80.0 g/mol. The third kappa shape index (κ3) is 9.45. The summed E-state index contributed by atoms with van der Waals surface area (Å²) in [6, 6.07) is 0. The Hall–Kier alpha value is -0.370. The van der Waals surface area contributed by atoms with Crippen molar-refractivity contribution in [1.82, 2.24) is 0 Å². The molecule has 0 aromatic rings. The van der Waals surface area contributed by atoms with Gasteiger partial charge in [-0.15, -0.1) is 0 Å². The minimum atomic E-state index is 0. The third-order valence-corrected chi connectivity index (χ3v) is 0.235. The lowest BCUT2D eigenvalue weighted by atomic mass is 10.8. The Morgan fingerprint density at radius 1 is 1.83 bits per heavy atom. The maximum atomic E-state index is 9.28. The van der Waals surface area contributed by atoms with Gasteiger partial charge < -0.3 is 9.53 Å². The summed E-state index contributed by atoms with van der Waals surface area (Å²) in [6.07, 6.45) is 0.708. The van der Waals surface area contributed by atoms with Crippen LogP contribution in [0.2, 0.25) is 0 Å². The predicted octanol–water partition coefficient (Wildman–Crippen LogP) is 0.468. The van der Waals surface area contributed by atoms with Crippen molar-refractivity contribution in [3.8, 4) is 0 Å². The number of rotatable bonds is 2. The molecule has 0 rings (SSSR count). The molecule has 0 aliphatic carbocycles.